The Labute approximate surface area is 91.7 Å². The van der Waals surface area contributed by atoms with Crippen molar-refractivity contribution in [2.75, 3.05) is 7.11 Å². The van der Waals surface area contributed by atoms with Crippen LogP contribution in [0.5, 0.6) is 5.75 Å². The highest BCUT2D eigenvalue weighted by atomic mass is 19.1. The highest BCUT2D eigenvalue weighted by molar-refractivity contribution is 5.37. The van der Waals surface area contributed by atoms with Crippen molar-refractivity contribution in [1.82, 2.24) is 4.57 Å². The number of hydrogen-bond acceptors (Lipinski definition) is 2. The van der Waals surface area contributed by atoms with Crippen molar-refractivity contribution in [3.8, 4) is 11.4 Å². The van der Waals surface area contributed by atoms with Gasteiger partial charge in [-0.05, 0) is 30.3 Å². The Morgan fingerprint density at radius 1 is 1.12 bits per heavy atom. The van der Waals surface area contributed by atoms with Gasteiger partial charge in [0.15, 0.2) is 0 Å². The summed E-state index contributed by atoms with van der Waals surface area (Å²) in [5, 5.41) is 0. The van der Waals surface area contributed by atoms with E-state index in [9.17, 15) is 9.18 Å². The highest BCUT2D eigenvalue weighted by Crippen LogP contribution is 2.13. The first-order chi connectivity index (χ1) is 7.70. The summed E-state index contributed by atoms with van der Waals surface area (Å²) in [6.07, 6.45) is 1.16. The van der Waals surface area contributed by atoms with Gasteiger partial charge in [-0.25, -0.2) is 4.39 Å². The minimum absolute atomic E-state index is 0.272. The number of benzene rings is 1. The van der Waals surface area contributed by atoms with E-state index in [1.807, 2.05) is 0 Å². The lowest BCUT2D eigenvalue weighted by atomic mass is 10.3. The Kier molecular flexibility index (Phi) is 2.72. The van der Waals surface area contributed by atoms with Crippen molar-refractivity contribution in [2.24, 2.45) is 0 Å². The van der Waals surface area contributed by atoms with E-state index in [1.54, 1.807) is 31.4 Å². The zero-order valence-corrected chi connectivity index (χ0v) is 8.68. The van der Waals surface area contributed by atoms with Crippen LogP contribution >= 0.6 is 0 Å². The van der Waals surface area contributed by atoms with Crippen molar-refractivity contribution in [3.05, 3.63) is 58.8 Å². The number of methoxy groups -OCH3 is 1. The van der Waals surface area contributed by atoms with Gasteiger partial charge in [0.05, 0.1) is 7.11 Å². The molecule has 0 saturated carbocycles. The molecule has 0 spiro atoms. The fourth-order valence-electron chi connectivity index (χ4n) is 1.41. The van der Waals surface area contributed by atoms with Crippen molar-refractivity contribution in [1.29, 1.82) is 0 Å². The van der Waals surface area contributed by atoms with Crippen LogP contribution in [0.3, 0.4) is 0 Å². The van der Waals surface area contributed by atoms with Gasteiger partial charge in [0.2, 0.25) is 0 Å². The van der Waals surface area contributed by atoms with Gasteiger partial charge >= 0.3 is 0 Å². The van der Waals surface area contributed by atoms with Crippen LogP contribution in [0.2, 0.25) is 0 Å². The fourth-order valence-corrected chi connectivity index (χ4v) is 1.41. The molecule has 82 valence electrons. The van der Waals surface area contributed by atoms with Crippen LogP contribution in [0.1, 0.15) is 0 Å². The Morgan fingerprint density at radius 3 is 2.44 bits per heavy atom. The maximum Gasteiger partial charge on any atom is 0.255 e. The molecule has 1 heterocycles. The smallest absolute Gasteiger partial charge is 0.255 e. The van der Waals surface area contributed by atoms with Gasteiger partial charge in [-0.1, -0.05) is 0 Å². The number of ether oxygens (including phenoxy) is 1. The van der Waals surface area contributed by atoms with E-state index in [4.69, 9.17) is 4.74 Å². The predicted octanol–water partition coefficient (Wildman–Crippen LogP) is 1.99. The summed E-state index contributed by atoms with van der Waals surface area (Å²) in [7, 11) is 1.56. The molecule has 2 rings (SSSR count). The Balaban J connectivity index is 2.50. The molecule has 0 bridgehead atoms. The molecule has 0 saturated heterocycles. The van der Waals surface area contributed by atoms with Crippen LogP contribution in [-0.4, -0.2) is 11.7 Å². The Bertz CT molecular complexity index is 546. The SMILES string of the molecule is COc1ccc(-n2cc(F)ccc2=O)cc1. The molecule has 16 heavy (non-hydrogen) atoms. The molecule has 0 N–H and O–H groups in total. The topological polar surface area (TPSA) is 31.2 Å². The maximum atomic E-state index is 13.0. The highest BCUT2D eigenvalue weighted by Gasteiger charge is 2.01. The van der Waals surface area contributed by atoms with Gasteiger partial charge in [0, 0.05) is 18.0 Å². The lowest BCUT2D eigenvalue weighted by Crippen LogP contribution is -2.16. The van der Waals surface area contributed by atoms with Crippen LogP contribution in [0.15, 0.2) is 47.4 Å². The van der Waals surface area contributed by atoms with Crippen LogP contribution < -0.4 is 10.3 Å². The van der Waals surface area contributed by atoms with Gasteiger partial charge in [0.25, 0.3) is 5.56 Å². The van der Waals surface area contributed by atoms with E-state index in [1.165, 1.54) is 10.6 Å². The largest absolute Gasteiger partial charge is 0.497 e. The third kappa shape index (κ3) is 1.95. The molecule has 1 aromatic carbocycles. The van der Waals surface area contributed by atoms with Crippen molar-refractivity contribution < 1.29 is 9.13 Å². The fraction of sp³-hybridized carbons (Fsp3) is 0.0833. The Morgan fingerprint density at radius 2 is 1.81 bits per heavy atom. The number of aromatic nitrogens is 1. The van der Waals surface area contributed by atoms with E-state index >= 15 is 0 Å². The zero-order chi connectivity index (χ0) is 11.5. The van der Waals surface area contributed by atoms with E-state index in [0.717, 1.165) is 12.3 Å². The first kappa shape index (κ1) is 10.4. The standard InChI is InChI=1S/C12H10FNO2/c1-16-11-5-3-10(4-6-11)14-8-9(13)2-7-12(14)15/h2-8H,1H3. The zero-order valence-electron chi connectivity index (χ0n) is 8.68. The molecule has 0 atom stereocenters. The molecule has 2 aromatic rings. The van der Waals surface area contributed by atoms with E-state index in [-0.39, 0.29) is 5.56 Å². The molecule has 0 aliphatic carbocycles. The molecular weight excluding hydrogens is 209 g/mol. The summed E-state index contributed by atoms with van der Waals surface area (Å²) >= 11 is 0. The molecule has 0 radical (unpaired) electrons. The van der Waals surface area contributed by atoms with Gasteiger partial charge in [-0.3, -0.25) is 9.36 Å². The molecule has 4 heteroatoms. The number of pyridine rings is 1. The van der Waals surface area contributed by atoms with Gasteiger partial charge in [0.1, 0.15) is 11.6 Å². The first-order valence-electron chi connectivity index (χ1n) is 4.73. The summed E-state index contributed by atoms with van der Waals surface area (Å²) in [4.78, 5) is 11.5. The second-order valence-electron chi connectivity index (χ2n) is 3.25. The van der Waals surface area contributed by atoms with Crippen molar-refractivity contribution >= 4 is 0 Å². The van der Waals surface area contributed by atoms with Gasteiger partial charge in [-0.2, -0.15) is 0 Å². The van der Waals surface area contributed by atoms with Crippen molar-refractivity contribution in [3.63, 3.8) is 0 Å². The van der Waals surface area contributed by atoms with E-state index in [0.29, 0.717) is 11.4 Å². The molecule has 1 aromatic heterocycles. The normalized spacial score (nSPS) is 10.1. The summed E-state index contributed by atoms with van der Waals surface area (Å²) in [6.45, 7) is 0. The van der Waals surface area contributed by atoms with Crippen LogP contribution in [0, 0.1) is 5.82 Å². The van der Waals surface area contributed by atoms with Crippen LogP contribution in [0.4, 0.5) is 4.39 Å². The third-order valence-electron chi connectivity index (χ3n) is 2.23. The molecule has 0 aliphatic heterocycles. The summed E-state index contributed by atoms with van der Waals surface area (Å²) < 4.78 is 19.2. The summed E-state index contributed by atoms with van der Waals surface area (Å²) in [5.74, 6) is 0.239. The molecule has 0 fully saturated rings. The van der Waals surface area contributed by atoms with Crippen molar-refractivity contribution in [2.45, 2.75) is 0 Å². The molecule has 3 nitrogen and oxygen atoms in total. The minimum Gasteiger partial charge on any atom is -0.497 e. The second-order valence-corrected chi connectivity index (χ2v) is 3.25. The monoisotopic (exact) mass is 219 g/mol. The predicted molar refractivity (Wildman–Crippen MR) is 58.5 cm³/mol. The molecule has 0 unspecified atom stereocenters. The average molecular weight is 219 g/mol. The number of hydrogen-bond donors (Lipinski definition) is 0. The average Bonchev–Trinajstić information content (AvgIpc) is 2.32. The third-order valence-corrected chi connectivity index (χ3v) is 2.23. The quantitative estimate of drug-likeness (QED) is 0.773. The lowest BCUT2D eigenvalue weighted by Gasteiger charge is -2.06. The first-order valence-corrected chi connectivity index (χ1v) is 4.73. The molecule has 0 amide bonds. The molecule has 0 aliphatic rings. The number of nitrogens with zero attached hydrogens (tertiary/aromatic N) is 1. The summed E-state index contributed by atoms with van der Waals surface area (Å²) in [6, 6.07) is 9.15. The van der Waals surface area contributed by atoms with Crippen LogP contribution in [0.25, 0.3) is 5.69 Å². The van der Waals surface area contributed by atoms with Gasteiger partial charge < -0.3 is 4.74 Å². The van der Waals surface area contributed by atoms with E-state index < -0.39 is 5.82 Å². The summed E-state index contributed by atoms with van der Waals surface area (Å²) in [5.41, 5.74) is 0.330. The van der Waals surface area contributed by atoms with E-state index in [2.05, 4.69) is 0 Å². The van der Waals surface area contributed by atoms with Crippen LogP contribution in [-0.2, 0) is 0 Å². The maximum absolute atomic E-state index is 13.0. The second kappa shape index (κ2) is 4.18. The lowest BCUT2D eigenvalue weighted by molar-refractivity contribution is 0.414. The molecular formula is C12H10FNO2. The Hall–Kier alpha value is -2.10. The van der Waals surface area contributed by atoms with Gasteiger partial charge in [-0.15, -0.1) is 0 Å². The minimum atomic E-state index is -0.449. The number of halogens is 1. The number of rotatable bonds is 2.